The number of amidine groups is 1. The monoisotopic (exact) mass is 183 g/mol. The Bertz CT molecular complexity index is 211. The first-order valence-corrected chi connectivity index (χ1v) is 4.75. The summed E-state index contributed by atoms with van der Waals surface area (Å²) in [5.41, 5.74) is 0. The fourth-order valence-electron chi connectivity index (χ4n) is 1.24. The molecule has 0 saturated carbocycles. The van der Waals surface area contributed by atoms with Crippen LogP contribution in [0.1, 0.15) is 26.7 Å². The standard InChI is InChI=1S/C9H17N3O/c1-7(2)12-9(13)6-11-8-4-3-5-10-8/h7H,3-6H2,1-2H3,(H,10,11)(H,12,13). The summed E-state index contributed by atoms with van der Waals surface area (Å²) in [5, 5.41) is 5.83. The van der Waals surface area contributed by atoms with Gasteiger partial charge in [0.05, 0.1) is 12.4 Å². The summed E-state index contributed by atoms with van der Waals surface area (Å²) in [4.78, 5) is 15.4. The van der Waals surface area contributed by atoms with Crippen molar-refractivity contribution in [3.05, 3.63) is 0 Å². The minimum Gasteiger partial charge on any atom is -0.365 e. The molecule has 4 heteroatoms. The van der Waals surface area contributed by atoms with E-state index < -0.39 is 0 Å². The fraction of sp³-hybridized carbons (Fsp3) is 0.778. The first kappa shape index (κ1) is 10.0. The summed E-state index contributed by atoms with van der Waals surface area (Å²) in [6.45, 7) is 5.14. The third kappa shape index (κ3) is 3.92. The number of aliphatic imine (C=N–C) groups is 1. The Labute approximate surface area is 78.8 Å². The van der Waals surface area contributed by atoms with E-state index in [1.807, 2.05) is 13.8 Å². The topological polar surface area (TPSA) is 53.5 Å². The molecule has 0 saturated heterocycles. The van der Waals surface area contributed by atoms with Crippen LogP contribution in [0.2, 0.25) is 0 Å². The number of hydrogen-bond donors (Lipinski definition) is 2. The van der Waals surface area contributed by atoms with Crippen molar-refractivity contribution in [3.8, 4) is 0 Å². The van der Waals surface area contributed by atoms with Gasteiger partial charge in [-0.05, 0) is 20.3 Å². The van der Waals surface area contributed by atoms with Crippen LogP contribution in [-0.2, 0) is 4.79 Å². The molecule has 0 aromatic heterocycles. The molecule has 0 aliphatic carbocycles. The van der Waals surface area contributed by atoms with Gasteiger partial charge in [0.2, 0.25) is 5.91 Å². The first-order chi connectivity index (χ1) is 6.18. The van der Waals surface area contributed by atoms with Gasteiger partial charge in [-0.15, -0.1) is 0 Å². The highest BCUT2D eigenvalue weighted by molar-refractivity contribution is 5.88. The lowest BCUT2D eigenvalue weighted by Crippen LogP contribution is -2.39. The molecule has 4 nitrogen and oxygen atoms in total. The average molecular weight is 183 g/mol. The fourth-order valence-corrected chi connectivity index (χ4v) is 1.24. The summed E-state index contributed by atoms with van der Waals surface area (Å²) < 4.78 is 0. The molecule has 0 radical (unpaired) electrons. The van der Waals surface area contributed by atoms with E-state index in [4.69, 9.17) is 0 Å². The molecule has 0 bridgehead atoms. The Balaban J connectivity index is 2.14. The summed E-state index contributed by atoms with van der Waals surface area (Å²) in [6.07, 6.45) is 2.09. The van der Waals surface area contributed by atoms with Gasteiger partial charge >= 0.3 is 0 Å². The van der Waals surface area contributed by atoms with Gasteiger partial charge < -0.3 is 10.6 Å². The predicted molar refractivity (Wildman–Crippen MR) is 52.8 cm³/mol. The van der Waals surface area contributed by atoms with Crippen molar-refractivity contribution in [2.45, 2.75) is 32.7 Å². The number of nitrogens with zero attached hydrogens (tertiary/aromatic N) is 1. The SMILES string of the molecule is CC(C)NC(=O)CNC1=NCCC1. The predicted octanol–water partition coefficient (Wildman–Crippen LogP) is 0.293. The van der Waals surface area contributed by atoms with Crippen molar-refractivity contribution in [3.63, 3.8) is 0 Å². The smallest absolute Gasteiger partial charge is 0.239 e. The van der Waals surface area contributed by atoms with E-state index in [0.717, 1.165) is 25.2 Å². The normalized spacial score (nSPS) is 15.8. The number of nitrogens with one attached hydrogen (secondary N) is 2. The second-order valence-corrected chi connectivity index (χ2v) is 3.51. The minimum atomic E-state index is 0.0320. The van der Waals surface area contributed by atoms with Gasteiger partial charge in [-0.2, -0.15) is 0 Å². The molecule has 0 aromatic rings. The second kappa shape index (κ2) is 4.84. The van der Waals surface area contributed by atoms with Crippen LogP contribution < -0.4 is 10.6 Å². The molecule has 2 N–H and O–H groups in total. The second-order valence-electron chi connectivity index (χ2n) is 3.51. The third-order valence-electron chi connectivity index (χ3n) is 1.78. The molecular formula is C9H17N3O. The Morgan fingerprint density at radius 1 is 1.62 bits per heavy atom. The number of rotatable bonds is 3. The van der Waals surface area contributed by atoms with E-state index in [1.165, 1.54) is 0 Å². The van der Waals surface area contributed by atoms with Crippen molar-refractivity contribution in [1.29, 1.82) is 0 Å². The van der Waals surface area contributed by atoms with Crippen LogP contribution in [0.15, 0.2) is 4.99 Å². The molecule has 1 amide bonds. The maximum atomic E-state index is 11.2. The highest BCUT2D eigenvalue weighted by Gasteiger charge is 2.07. The van der Waals surface area contributed by atoms with E-state index in [-0.39, 0.29) is 11.9 Å². The van der Waals surface area contributed by atoms with Gasteiger partial charge in [0.15, 0.2) is 0 Å². The zero-order valence-corrected chi connectivity index (χ0v) is 8.26. The molecule has 1 aliphatic heterocycles. The van der Waals surface area contributed by atoms with Crippen LogP contribution >= 0.6 is 0 Å². The summed E-state index contributed by atoms with van der Waals surface area (Å²) in [7, 11) is 0. The first-order valence-electron chi connectivity index (χ1n) is 4.75. The summed E-state index contributed by atoms with van der Waals surface area (Å²) in [6, 6.07) is 0.208. The maximum absolute atomic E-state index is 11.2. The van der Waals surface area contributed by atoms with E-state index in [1.54, 1.807) is 0 Å². The Morgan fingerprint density at radius 3 is 2.92 bits per heavy atom. The van der Waals surface area contributed by atoms with E-state index >= 15 is 0 Å². The Kier molecular flexibility index (Phi) is 3.73. The molecule has 13 heavy (non-hydrogen) atoms. The van der Waals surface area contributed by atoms with Gasteiger partial charge in [-0.25, -0.2) is 0 Å². The molecule has 0 fully saturated rings. The van der Waals surface area contributed by atoms with Crippen LogP contribution in [0.5, 0.6) is 0 Å². The van der Waals surface area contributed by atoms with Gasteiger partial charge in [0.1, 0.15) is 0 Å². The van der Waals surface area contributed by atoms with Crippen molar-refractivity contribution in [2.75, 3.05) is 13.1 Å². The highest BCUT2D eigenvalue weighted by Crippen LogP contribution is 2.00. The lowest BCUT2D eigenvalue weighted by Gasteiger charge is -2.09. The maximum Gasteiger partial charge on any atom is 0.239 e. The summed E-state index contributed by atoms with van der Waals surface area (Å²) >= 11 is 0. The zero-order valence-electron chi connectivity index (χ0n) is 8.26. The third-order valence-corrected chi connectivity index (χ3v) is 1.78. The molecule has 0 unspecified atom stereocenters. The van der Waals surface area contributed by atoms with Crippen LogP contribution in [0.3, 0.4) is 0 Å². The Morgan fingerprint density at radius 2 is 2.38 bits per heavy atom. The Hall–Kier alpha value is -1.06. The van der Waals surface area contributed by atoms with Crippen molar-refractivity contribution in [2.24, 2.45) is 4.99 Å². The van der Waals surface area contributed by atoms with E-state index in [9.17, 15) is 4.79 Å². The van der Waals surface area contributed by atoms with Crippen molar-refractivity contribution in [1.82, 2.24) is 10.6 Å². The molecule has 1 aliphatic rings. The quantitative estimate of drug-likeness (QED) is 0.661. The van der Waals surface area contributed by atoms with E-state index in [0.29, 0.717) is 6.54 Å². The lowest BCUT2D eigenvalue weighted by molar-refractivity contribution is -0.120. The number of amides is 1. The van der Waals surface area contributed by atoms with Crippen molar-refractivity contribution < 1.29 is 4.79 Å². The van der Waals surface area contributed by atoms with Crippen LogP contribution in [0, 0.1) is 0 Å². The van der Waals surface area contributed by atoms with Crippen LogP contribution in [0.4, 0.5) is 0 Å². The molecule has 0 spiro atoms. The van der Waals surface area contributed by atoms with Gasteiger partial charge in [-0.3, -0.25) is 9.79 Å². The average Bonchev–Trinajstić information content (AvgIpc) is 2.51. The molecule has 74 valence electrons. The van der Waals surface area contributed by atoms with Gasteiger partial charge in [0, 0.05) is 19.0 Å². The highest BCUT2D eigenvalue weighted by atomic mass is 16.1. The summed E-state index contributed by atoms with van der Waals surface area (Å²) in [5.74, 6) is 1.00. The van der Waals surface area contributed by atoms with Crippen molar-refractivity contribution >= 4 is 11.7 Å². The van der Waals surface area contributed by atoms with Gasteiger partial charge in [-0.1, -0.05) is 0 Å². The number of carbonyl (C=O) groups excluding carboxylic acids is 1. The lowest BCUT2D eigenvalue weighted by atomic mass is 10.3. The molecular weight excluding hydrogens is 166 g/mol. The molecule has 1 rings (SSSR count). The molecule has 0 atom stereocenters. The van der Waals surface area contributed by atoms with Crippen LogP contribution in [0.25, 0.3) is 0 Å². The zero-order chi connectivity index (χ0) is 9.68. The van der Waals surface area contributed by atoms with E-state index in [2.05, 4.69) is 15.6 Å². The molecule has 1 heterocycles. The number of carbonyl (C=O) groups is 1. The minimum absolute atomic E-state index is 0.0320. The molecule has 0 aromatic carbocycles. The van der Waals surface area contributed by atoms with Crippen LogP contribution in [-0.4, -0.2) is 30.9 Å². The largest absolute Gasteiger partial charge is 0.365 e. The number of hydrogen-bond acceptors (Lipinski definition) is 3. The van der Waals surface area contributed by atoms with Gasteiger partial charge in [0.25, 0.3) is 0 Å².